The molecule has 1 N–H and O–H groups in total. The van der Waals surface area contributed by atoms with Gasteiger partial charge in [0.25, 0.3) is 0 Å². The summed E-state index contributed by atoms with van der Waals surface area (Å²) in [5.41, 5.74) is 0. The van der Waals surface area contributed by atoms with E-state index in [1.54, 1.807) is 12.1 Å². The van der Waals surface area contributed by atoms with Gasteiger partial charge in [-0.15, -0.1) is 0 Å². The van der Waals surface area contributed by atoms with Crippen molar-refractivity contribution >= 4 is 11.8 Å². The summed E-state index contributed by atoms with van der Waals surface area (Å²) in [5.74, 6) is -0.882. The van der Waals surface area contributed by atoms with Crippen LogP contribution in [-0.2, 0) is 6.42 Å². The molecule has 2 aromatic rings. The number of aromatic carboxylic acids is 1. The monoisotopic (exact) mass is 234 g/mol. The highest BCUT2D eigenvalue weighted by molar-refractivity contribution is 5.95. The van der Waals surface area contributed by atoms with E-state index in [1.165, 1.54) is 18.4 Å². The van der Waals surface area contributed by atoms with Crippen LogP contribution >= 0.6 is 0 Å². The van der Waals surface area contributed by atoms with Gasteiger partial charge in [0.15, 0.2) is 11.5 Å². The molecule has 2 rings (SSSR count). The third-order valence-electron chi connectivity index (χ3n) is 2.27. The molecular weight excluding hydrogens is 224 g/mol. The zero-order valence-corrected chi connectivity index (χ0v) is 8.88. The molecule has 88 valence electrons. The van der Waals surface area contributed by atoms with Crippen molar-refractivity contribution in [1.29, 1.82) is 0 Å². The number of Topliss-reactive ketones (excluding diaryl/α,β-unsaturated/α-hetero) is 1. The molecule has 0 spiro atoms. The minimum atomic E-state index is -1.19. The molecule has 0 saturated carbocycles. The number of aryl methyl sites for hydroxylation is 1. The summed E-state index contributed by atoms with van der Waals surface area (Å²) in [7, 11) is 0. The molecule has 5 nitrogen and oxygen atoms in total. The van der Waals surface area contributed by atoms with E-state index in [9.17, 15) is 9.59 Å². The first-order chi connectivity index (χ1) is 8.16. The maximum Gasteiger partial charge on any atom is 0.371 e. The second kappa shape index (κ2) is 4.69. The summed E-state index contributed by atoms with van der Waals surface area (Å²) >= 11 is 0. The van der Waals surface area contributed by atoms with Gasteiger partial charge in [-0.05, 0) is 24.3 Å². The highest BCUT2D eigenvalue weighted by Crippen LogP contribution is 2.12. The Labute approximate surface area is 96.7 Å². The van der Waals surface area contributed by atoms with E-state index in [0.29, 0.717) is 12.2 Å². The Morgan fingerprint density at radius 2 is 1.94 bits per heavy atom. The van der Waals surface area contributed by atoms with Crippen molar-refractivity contribution in [3.8, 4) is 0 Å². The molecule has 0 aliphatic carbocycles. The van der Waals surface area contributed by atoms with Gasteiger partial charge in [-0.2, -0.15) is 0 Å². The van der Waals surface area contributed by atoms with Gasteiger partial charge >= 0.3 is 5.97 Å². The van der Waals surface area contributed by atoms with Crippen LogP contribution in [0.5, 0.6) is 0 Å². The number of carboxylic acids is 1. The van der Waals surface area contributed by atoms with Crippen molar-refractivity contribution < 1.29 is 23.5 Å². The molecular formula is C12H10O5. The first-order valence-electron chi connectivity index (χ1n) is 5.05. The average Bonchev–Trinajstić information content (AvgIpc) is 2.96. The number of ketones is 1. The van der Waals surface area contributed by atoms with E-state index in [4.69, 9.17) is 13.9 Å². The summed E-state index contributed by atoms with van der Waals surface area (Å²) in [6.07, 6.45) is 2.23. The lowest BCUT2D eigenvalue weighted by Gasteiger charge is -1.95. The van der Waals surface area contributed by atoms with Gasteiger partial charge in [0, 0.05) is 12.8 Å². The van der Waals surface area contributed by atoms with E-state index < -0.39 is 5.97 Å². The maximum absolute atomic E-state index is 11.6. The van der Waals surface area contributed by atoms with Crippen LogP contribution in [0.4, 0.5) is 0 Å². The fourth-order valence-corrected chi connectivity index (χ4v) is 1.42. The predicted octanol–water partition coefficient (Wildman–Crippen LogP) is 2.39. The van der Waals surface area contributed by atoms with Gasteiger partial charge in [-0.3, -0.25) is 4.79 Å². The molecule has 0 aromatic carbocycles. The number of hydrogen-bond donors (Lipinski definition) is 1. The largest absolute Gasteiger partial charge is 0.475 e. The molecule has 0 saturated heterocycles. The van der Waals surface area contributed by atoms with Crippen molar-refractivity contribution in [3.63, 3.8) is 0 Å². The number of carbonyl (C=O) groups excluding carboxylic acids is 1. The standard InChI is InChI=1S/C12H10O5/c13-9(4-3-8-2-1-7-16-8)10-5-6-11(17-10)12(14)15/h1-2,5-7H,3-4H2,(H,14,15). The Morgan fingerprint density at radius 1 is 1.18 bits per heavy atom. The highest BCUT2D eigenvalue weighted by Gasteiger charge is 2.15. The smallest absolute Gasteiger partial charge is 0.371 e. The molecule has 0 aliphatic rings. The van der Waals surface area contributed by atoms with E-state index >= 15 is 0 Å². The number of hydrogen-bond acceptors (Lipinski definition) is 4. The fraction of sp³-hybridized carbons (Fsp3) is 0.167. The Bertz CT molecular complexity index is 521. The summed E-state index contributed by atoms with van der Waals surface area (Å²) in [6.45, 7) is 0. The summed E-state index contributed by atoms with van der Waals surface area (Å²) in [6, 6.07) is 6.16. The van der Waals surface area contributed by atoms with Crippen LogP contribution in [0.3, 0.4) is 0 Å². The lowest BCUT2D eigenvalue weighted by atomic mass is 10.1. The minimum Gasteiger partial charge on any atom is -0.475 e. The summed E-state index contributed by atoms with van der Waals surface area (Å²) < 4.78 is 9.98. The minimum absolute atomic E-state index is 0.0638. The molecule has 0 bridgehead atoms. The second-order valence-electron chi connectivity index (χ2n) is 3.47. The zero-order chi connectivity index (χ0) is 12.3. The van der Waals surface area contributed by atoms with Gasteiger partial charge in [0.05, 0.1) is 6.26 Å². The van der Waals surface area contributed by atoms with Crippen molar-refractivity contribution in [2.75, 3.05) is 0 Å². The number of furan rings is 2. The van der Waals surface area contributed by atoms with E-state index in [-0.39, 0.29) is 23.7 Å². The molecule has 0 radical (unpaired) electrons. The Kier molecular flexibility index (Phi) is 3.09. The predicted molar refractivity (Wildman–Crippen MR) is 57.0 cm³/mol. The molecule has 2 aromatic heterocycles. The third-order valence-corrected chi connectivity index (χ3v) is 2.27. The van der Waals surface area contributed by atoms with Crippen molar-refractivity contribution in [3.05, 3.63) is 47.8 Å². The zero-order valence-electron chi connectivity index (χ0n) is 8.88. The van der Waals surface area contributed by atoms with E-state index in [2.05, 4.69) is 0 Å². The normalized spacial score (nSPS) is 10.4. The van der Waals surface area contributed by atoms with Gasteiger partial charge in [0.2, 0.25) is 5.76 Å². The van der Waals surface area contributed by atoms with Gasteiger partial charge in [-0.25, -0.2) is 4.79 Å². The maximum atomic E-state index is 11.6. The topological polar surface area (TPSA) is 80.6 Å². The number of carbonyl (C=O) groups is 2. The second-order valence-corrected chi connectivity index (χ2v) is 3.47. The van der Waals surface area contributed by atoms with Crippen LogP contribution in [0.2, 0.25) is 0 Å². The Morgan fingerprint density at radius 3 is 2.53 bits per heavy atom. The van der Waals surface area contributed by atoms with Crippen LogP contribution in [0.25, 0.3) is 0 Å². The van der Waals surface area contributed by atoms with Gasteiger partial charge < -0.3 is 13.9 Å². The van der Waals surface area contributed by atoms with Crippen LogP contribution in [0.15, 0.2) is 39.4 Å². The van der Waals surface area contributed by atoms with Gasteiger partial charge in [0.1, 0.15) is 5.76 Å². The molecule has 0 atom stereocenters. The Hall–Kier alpha value is -2.30. The van der Waals surface area contributed by atoms with Crippen LogP contribution < -0.4 is 0 Å². The van der Waals surface area contributed by atoms with Gasteiger partial charge in [-0.1, -0.05) is 0 Å². The van der Waals surface area contributed by atoms with E-state index in [0.717, 1.165) is 0 Å². The first kappa shape index (κ1) is 11.2. The van der Waals surface area contributed by atoms with Crippen LogP contribution in [-0.4, -0.2) is 16.9 Å². The third kappa shape index (κ3) is 2.63. The Balaban J connectivity index is 1.97. The average molecular weight is 234 g/mol. The highest BCUT2D eigenvalue weighted by atomic mass is 16.4. The van der Waals surface area contributed by atoms with E-state index in [1.807, 2.05) is 0 Å². The van der Waals surface area contributed by atoms with Crippen molar-refractivity contribution in [2.45, 2.75) is 12.8 Å². The lowest BCUT2D eigenvalue weighted by Crippen LogP contribution is -1.99. The fourth-order valence-electron chi connectivity index (χ4n) is 1.42. The first-order valence-corrected chi connectivity index (χ1v) is 5.05. The molecule has 0 fully saturated rings. The molecule has 0 aliphatic heterocycles. The molecule has 5 heteroatoms. The summed E-state index contributed by atoms with van der Waals surface area (Å²) in [4.78, 5) is 22.2. The molecule has 0 unspecified atom stereocenters. The van der Waals surface area contributed by atoms with Crippen molar-refractivity contribution in [2.24, 2.45) is 0 Å². The molecule has 17 heavy (non-hydrogen) atoms. The summed E-state index contributed by atoms with van der Waals surface area (Å²) in [5, 5.41) is 8.64. The van der Waals surface area contributed by atoms with Crippen molar-refractivity contribution in [1.82, 2.24) is 0 Å². The number of carboxylic acid groups (broad SMARTS) is 1. The SMILES string of the molecule is O=C(O)c1ccc(C(=O)CCc2ccco2)o1. The van der Waals surface area contributed by atoms with Crippen LogP contribution in [0, 0.1) is 0 Å². The lowest BCUT2D eigenvalue weighted by molar-refractivity contribution is 0.0660. The molecule has 2 heterocycles. The quantitative estimate of drug-likeness (QED) is 0.803. The number of rotatable bonds is 5. The van der Waals surface area contributed by atoms with Crippen LogP contribution in [0.1, 0.15) is 33.3 Å². The molecule has 0 amide bonds.